The summed E-state index contributed by atoms with van der Waals surface area (Å²) in [6.45, 7) is 1.05. The molecule has 0 spiro atoms. The van der Waals surface area contributed by atoms with Crippen LogP contribution in [0.4, 0.5) is 19.0 Å². The van der Waals surface area contributed by atoms with Crippen molar-refractivity contribution in [3.8, 4) is 5.75 Å². The quantitative estimate of drug-likeness (QED) is 0.433. The van der Waals surface area contributed by atoms with Crippen LogP contribution in [-0.4, -0.2) is 36.9 Å². The highest BCUT2D eigenvalue weighted by molar-refractivity contribution is 6.12. The number of benzene rings is 1. The van der Waals surface area contributed by atoms with Gasteiger partial charge in [-0.2, -0.15) is 0 Å². The highest BCUT2D eigenvalue weighted by Gasteiger charge is 2.23. The van der Waals surface area contributed by atoms with Crippen molar-refractivity contribution in [2.75, 3.05) is 19.3 Å². The van der Waals surface area contributed by atoms with E-state index in [1.807, 2.05) is 0 Å². The first-order valence-corrected chi connectivity index (χ1v) is 10.2. The molecule has 1 aromatic carbocycles. The lowest BCUT2D eigenvalue weighted by Crippen LogP contribution is -2.23. The number of halogens is 3. The Labute approximate surface area is 189 Å². The molecule has 2 heterocycles. The summed E-state index contributed by atoms with van der Waals surface area (Å²) in [4.78, 5) is 4.13. The second-order valence-corrected chi connectivity index (χ2v) is 7.43. The normalized spacial score (nSPS) is 19.9. The third-order valence-corrected chi connectivity index (χ3v) is 5.14. The fourth-order valence-corrected chi connectivity index (χ4v) is 3.59. The highest BCUT2D eigenvalue weighted by atomic mass is 19.3. The lowest BCUT2D eigenvalue weighted by Gasteiger charge is -2.23. The van der Waals surface area contributed by atoms with Gasteiger partial charge in [-0.05, 0) is 42.3 Å². The van der Waals surface area contributed by atoms with E-state index in [9.17, 15) is 13.2 Å². The molecule has 1 aliphatic heterocycles. The maximum atomic E-state index is 14.1. The third-order valence-electron chi connectivity index (χ3n) is 5.14. The van der Waals surface area contributed by atoms with Crippen LogP contribution in [0.25, 0.3) is 5.70 Å². The van der Waals surface area contributed by atoms with E-state index in [0.29, 0.717) is 27.8 Å². The molecule has 2 bridgehead atoms. The Bertz CT molecular complexity index is 1130. The summed E-state index contributed by atoms with van der Waals surface area (Å²) in [5.41, 5.74) is 8.38. The van der Waals surface area contributed by atoms with Gasteiger partial charge in [0.25, 0.3) is 6.43 Å². The number of nitrogens with one attached hydrogen (secondary N) is 4. The van der Waals surface area contributed by atoms with Gasteiger partial charge in [0.2, 0.25) is 0 Å². The van der Waals surface area contributed by atoms with Gasteiger partial charge >= 0.3 is 0 Å². The Morgan fingerprint density at radius 1 is 1.33 bits per heavy atom. The number of fused-ring (bicyclic) bond motifs is 3. The summed E-state index contributed by atoms with van der Waals surface area (Å²) < 4.78 is 46.1. The van der Waals surface area contributed by atoms with Crippen molar-refractivity contribution in [1.29, 1.82) is 10.8 Å². The van der Waals surface area contributed by atoms with Gasteiger partial charge in [0.05, 0.1) is 12.3 Å². The molecule has 0 fully saturated rings. The second-order valence-electron chi connectivity index (χ2n) is 7.43. The molecule has 0 saturated carbocycles. The van der Waals surface area contributed by atoms with Crippen LogP contribution < -0.4 is 21.1 Å². The van der Waals surface area contributed by atoms with Crippen LogP contribution in [0.2, 0.25) is 0 Å². The van der Waals surface area contributed by atoms with E-state index in [2.05, 4.69) is 15.6 Å². The molecule has 174 valence electrons. The highest BCUT2D eigenvalue weighted by Crippen LogP contribution is 2.33. The van der Waals surface area contributed by atoms with Crippen LogP contribution in [0.1, 0.15) is 36.1 Å². The summed E-state index contributed by atoms with van der Waals surface area (Å²) >= 11 is 0. The van der Waals surface area contributed by atoms with Crippen LogP contribution in [-0.2, 0) is 0 Å². The third kappa shape index (κ3) is 5.33. The number of nitrogens with two attached hydrogens (primary N) is 1. The van der Waals surface area contributed by atoms with Gasteiger partial charge in [-0.25, -0.2) is 18.2 Å². The van der Waals surface area contributed by atoms with E-state index in [1.165, 1.54) is 24.4 Å². The van der Waals surface area contributed by atoms with Gasteiger partial charge in [0, 0.05) is 54.5 Å². The molecule has 3 rings (SSSR count). The topological polar surface area (TPSA) is 120 Å². The minimum Gasteiger partial charge on any atom is -0.482 e. The smallest absolute Gasteiger partial charge is 0.255 e. The van der Waals surface area contributed by atoms with Crippen molar-refractivity contribution < 1.29 is 17.9 Å². The van der Waals surface area contributed by atoms with Crippen molar-refractivity contribution in [2.45, 2.75) is 25.9 Å². The van der Waals surface area contributed by atoms with Crippen LogP contribution in [0.3, 0.4) is 0 Å². The molecule has 1 aromatic heterocycles. The number of ether oxygens (including phenoxy) is 1. The Morgan fingerprint density at radius 2 is 2.09 bits per heavy atom. The molecule has 1 aliphatic rings. The van der Waals surface area contributed by atoms with Gasteiger partial charge in [0.15, 0.2) is 11.6 Å². The molecule has 10 heteroatoms. The van der Waals surface area contributed by atoms with E-state index in [4.69, 9.17) is 21.3 Å². The number of pyridine rings is 1. The predicted molar refractivity (Wildman–Crippen MR) is 122 cm³/mol. The molecule has 0 aliphatic carbocycles. The SMILES string of the molecule is CN/C=C1/C/C(C=N)=C(/NCC(F)F)c2cnc(N)c(c2)OC(C)c2cc(F)ccc2C1=N. The van der Waals surface area contributed by atoms with E-state index < -0.39 is 24.9 Å². The van der Waals surface area contributed by atoms with Crippen molar-refractivity contribution in [3.63, 3.8) is 0 Å². The predicted octanol–water partition coefficient (Wildman–Crippen LogP) is 4.03. The lowest BCUT2D eigenvalue weighted by molar-refractivity contribution is 0.151. The molecular formula is C23H25F3N6O. The number of alkyl halides is 2. The van der Waals surface area contributed by atoms with E-state index >= 15 is 0 Å². The maximum absolute atomic E-state index is 14.1. The molecule has 7 nitrogen and oxygen atoms in total. The molecule has 33 heavy (non-hydrogen) atoms. The zero-order chi connectivity index (χ0) is 24.1. The monoisotopic (exact) mass is 458 g/mol. The first kappa shape index (κ1) is 23.8. The summed E-state index contributed by atoms with van der Waals surface area (Å²) in [5, 5.41) is 22.3. The number of allylic oxidation sites excluding steroid dienone is 2. The largest absolute Gasteiger partial charge is 0.482 e. The van der Waals surface area contributed by atoms with Gasteiger partial charge in [-0.3, -0.25) is 5.41 Å². The van der Waals surface area contributed by atoms with Crippen molar-refractivity contribution in [3.05, 3.63) is 70.3 Å². The first-order valence-electron chi connectivity index (χ1n) is 10.2. The minimum absolute atomic E-state index is 0.0658. The zero-order valence-electron chi connectivity index (χ0n) is 18.2. The molecular weight excluding hydrogens is 433 g/mol. The molecule has 1 atom stereocenters. The zero-order valence-corrected chi connectivity index (χ0v) is 18.2. The van der Waals surface area contributed by atoms with Crippen LogP contribution in [0.5, 0.6) is 5.75 Å². The molecule has 1 unspecified atom stereocenters. The van der Waals surface area contributed by atoms with Gasteiger partial charge in [-0.15, -0.1) is 0 Å². The van der Waals surface area contributed by atoms with E-state index in [0.717, 1.165) is 6.21 Å². The fraction of sp³-hybridized carbons (Fsp3) is 0.261. The molecule has 0 saturated heterocycles. The maximum Gasteiger partial charge on any atom is 0.255 e. The van der Waals surface area contributed by atoms with Crippen molar-refractivity contribution >= 4 is 23.4 Å². The molecule has 6 N–H and O–H groups in total. The second kappa shape index (κ2) is 10.2. The Kier molecular flexibility index (Phi) is 7.37. The average molecular weight is 458 g/mol. The number of nitrogens with zero attached hydrogens (tertiary/aromatic N) is 1. The Balaban J connectivity index is 2.29. The van der Waals surface area contributed by atoms with E-state index in [-0.39, 0.29) is 29.4 Å². The summed E-state index contributed by atoms with van der Waals surface area (Å²) in [6.07, 6.45) is 0.774. The molecule has 0 amide bonds. The van der Waals surface area contributed by atoms with Crippen LogP contribution in [0.15, 0.2) is 47.8 Å². The number of hydrogen-bond donors (Lipinski definition) is 5. The van der Waals surface area contributed by atoms with Crippen LogP contribution in [0, 0.1) is 16.6 Å². The number of nitrogen functional groups attached to an aromatic ring is 1. The molecule has 2 aromatic rings. The minimum atomic E-state index is -2.63. The van der Waals surface area contributed by atoms with Crippen LogP contribution >= 0.6 is 0 Å². The fourth-order valence-electron chi connectivity index (χ4n) is 3.59. The number of hydrogen-bond acceptors (Lipinski definition) is 7. The Hall–Kier alpha value is -3.82. The van der Waals surface area contributed by atoms with E-state index in [1.54, 1.807) is 26.2 Å². The van der Waals surface area contributed by atoms with Gasteiger partial charge in [-0.1, -0.05) is 0 Å². The van der Waals surface area contributed by atoms with Crippen molar-refractivity contribution in [1.82, 2.24) is 15.6 Å². The number of aromatic nitrogens is 1. The summed E-state index contributed by atoms with van der Waals surface area (Å²) in [7, 11) is 1.66. The standard InChI is InChI=1S/C23H25F3N6O/c1-12-18-7-16(24)3-4-17(18)21(28)14(9-30-2)5-13(8-27)22(31-11-20(25)26)15-6-19(33-12)23(29)32-10-15/h3-4,6-10,12,20,27-28,30-31H,5,11H2,1-2H3,(H2,29,32)/b14-9-,22-13-,27-8?,28-21?. The average Bonchev–Trinajstić information content (AvgIpc) is 2.78. The Morgan fingerprint density at radius 3 is 2.76 bits per heavy atom. The summed E-state index contributed by atoms with van der Waals surface area (Å²) in [6, 6.07) is 5.59. The summed E-state index contributed by atoms with van der Waals surface area (Å²) in [5.74, 6) is -0.244. The number of rotatable bonds is 5. The first-order chi connectivity index (χ1) is 15.7. The lowest BCUT2D eigenvalue weighted by atomic mass is 9.90. The van der Waals surface area contributed by atoms with Gasteiger partial charge in [0.1, 0.15) is 11.9 Å². The number of anilines is 1. The van der Waals surface area contributed by atoms with Crippen molar-refractivity contribution in [2.24, 2.45) is 0 Å². The molecule has 0 radical (unpaired) electrons. The van der Waals surface area contributed by atoms with Gasteiger partial charge < -0.3 is 26.5 Å².